The maximum absolute atomic E-state index is 10.2. The molecule has 3 atom stereocenters. The van der Waals surface area contributed by atoms with Gasteiger partial charge in [-0.2, -0.15) is 0 Å². The van der Waals surface area contributed by atoms with E-state index in [0.717, 1.165) is 25.0 Å². The lowest BCUT2D eigenvalue weighted by atomic mass is 9.90. The number of hydrogen-bond acceptors (Lipinski definition) is 3. The summed E-state index contributed by atoms with van der Waals surface area (Å²) in [5.41, 5.74) is 0.895. The second kappa shape index (κ2) is 4.73. The third kappa shape index (κ3) is 2.19. The lowest BCUT2D eigenvalue weighted by molar-refractivity contribution is 0.0306. The van der Waals surface area contributed by atoms with Crippen LogP contribution in [0.15, 0.2) is 24.5 Å². The molecule has 1 aliphatic heterocycles. The molecular formula is C12H17NO2. The average molecular weight is 207 g/mol. The first kappa shape index (κ1) is 10.6. The van der Waals surface area contributed by atoms with Crippen molar-refractivity contribution in [1.29, 1.82) is 0 Å². The molecule has 0 saturated carbocycles. The molecule has 3 unspecified atom stereocenters. The van der Waals surface area contributed by atoms with Crippen LogP contribution in [0.3, 0.4) is 0 Å². The number of aliphatic hydroxyl groups is 1. The van der Waals surface area contributed by atoms with Crippen molar-refractivity contribution in [2.24, 2.45) is 5.92 Å². The summed E-state index contributed by atoms with van der Waals surface area (Å²) in [4.78, 5) is 4.03. The molecule has 2 rings (SSSR count). The van der Waals surface area contributed by atoms with Crippen molar-refractivity contribution in [3.05, 3.63) is 30.1 Å². The third-order valence-electron chi connectivity index (χ3n) is 3.09. The van der Waals surface area contributed by atoms with E-state index in [9.17, 15) is 5.11 Å². The molecule has 82 valence electrons. The summed E-state index contributed by atoms with van der Waals surface area (Å²) in [6, 6.07) is 3.78. The second-order valence-electron chi connectivity index (χ2n) is 4.00. The molecule has 1 fully saturated rings. The summed E-state index contributed by atoms with van der Waals surface area (Å²) in [7, 11) is 0. The molecule has 1 aromatic rings. The van der Waals surface area contributed by atoms with E-state index in [1.54, 1.807) is 12.4 Å². The number of ether oxygens (including phenoxy) is 1. The lowest BCUT2D eigenvalue weighted by Gasteiger charge is -2.22. The molecule has 0 aromatic carbocycles. The average Bonchev–Trinajstić information content (AvgIpc) is 2.77. The van der Waals surface area contributed by atoms with Gasteiger partial charge in [0, 0.05) is 24.9 Å². The van der Waals surface area contributed by atoms with Crippen LogP contribution in [0.25, 0.3) is 0 Å². The lowest BCUT2D eigenvalue weighted by Crippen LogP contribution is -2.22. The van der Waals surface area contributed by atoms with Crippen LogP contribution in [0.4, 0.5) is 0 Å². The van der Waals surface area contributed by atoms with Gasteiger partial charge in [-0.25, -0.2) is 0 Å². The Morgan fingerprint density at radius 1 is 1.67 bits per heavy atom. The Morgan fingerprint density at radius 2 is 2.53 bits per heavy atom. The summed E-state index contributed by atoms with van der Waals surface area (Å²) in [5.74, 6) is 0.221. The molecule has 0 spiro atoms. The highest BCUT2D eigenvalue weighted by molar-refractivity contribution is 5.13. The highest BCUT2D eigenvalue weighted by Crippen LogP contribution is 2.34. The molecule has 1 N–H and O–H groups in total. The van der Waals surface area contributed by atoms with Gasteiger partial charge in [0.2, 0.25) is 0 Å². The summed E-state index contributed by atoms with van der Waals surface area (Å²) in [6.45, 7) is 2.86. The van der Waals surface area contributed by atoms with Crippen LogP contribution in [-0.2, 0) is 4.74 Å². The van der Waals surface area contributed by atoms with Gasteiger partial charge in [-0.15, -0.1) is 0 Å². The van der Waals surface area contributed by atoms with Gasteiger partial charge < -0.3 is 9.84 Å². The predicted octanol–water partition coefficient (Wildman–Crippen LogP) is 1.93. The first-order valence-electron chi connectivity index (χ1n) is 5.52. The molecule has 0 bridgehead atoms. The number of aliphatic hydroxyl groups excluding tert-OH is 1. The van der Waals surface area contributed by atoms with E-state index in [2.05, 4.69) is 11.9 Å². The van der Waals surface area contributed by atoms with Gasteiger partial charge in [-0.3, -0.25) is 4.98 Å². The van der Waals surface area contributed by atoms with E-state index < -0.39 is 6.10 Å². The van der Waals surface area contributed by atoms with Crippen molar-refractivity contribution in [3.8, 4) is 0 Å². The Kier molecular flexibility index (Phi) is 3.34. The third-order valence-corrected chi connectivity index (χ3v) is 3.09. The minimum absolute atomic E-state index is 0.195. The van der Waals surface area contributed by atoms with Gasteiger partial charge in [-0.1, -0.05) is 13.0 Å². The highest BCUT2D eigenvalue weighted by Gasteiger charge is 2.33. The molecule has 1 saturated heterocycles. The maximum Gasteiger partial charge on any atom is 0.0858 e. The van der Waals surface area contributed by atoms with Crippen LogP contribution in [0, 0.1) is 5.92 Å². The topological polar surface area (TPSA) is 42.4 Å². The molecular weight excluding hydrogens is 190 g/mol. The molecule has 3 heteroatoms. The van der Waals surface area contributed by atoms with Gasteiger partial charge in [0.05, 0.1) is 12.2 Å². The number of rotatable bonds is 3. The largest absolute Gasteiger partial charge is 0.388 e. The summed E-state index contributed by atoms with van der Waals surface area (Å²) < 4.78 is 5.58. The summed E-state index contributed by atoms with van der Waals surface area (Å²) in [6.07, 6.45) is 5.11. The second-order valence-corrected chi connectivity index (χ2v) is 4.00. The number of hydrogen-bond donors (Lipinski definition) is 1. The minimum Gasteiger partial charge on any atom is -0.388 e. The highest BCUT2D eigenvalue weighted by atomic mass is 16.5. The Morgan fingerprint density at radius 3 is 3.20 bits per heavy atom. The fraction of sp³-hybridized carbons (Fsp3) is 0.583. The van der Waals surface area contributed by atoms with Crippen molar-refractivity contribution >= 4 is 0 Å². The van der Waals surface area contributed by atoms with Crippen molar-refractivity contribution in [2.75, 3.05) is 6.61 Å². The van der Waals surface area contributed by atoms with Crippen LogP contribution in [0.1, 0.15) is 31.4 Å². The normalized spacial score (nSPS) is 27.9. The van der Waals surface area contributed by atoms with Crippen LogP contribution in [0.5, 0.6) is 0 Å². The monoisotopic (exact) mass is 207 g/mol. The molecule has 0 amide bonds. The molecule has 1 aromatic heterocycles. The standard InChI is InChI=1S/C12H17NO2/c1-2-11-10(5-7-15-11)12(14)9-4-3-6-13-8-9/h3-4,6,8,10-12,14H,2,5,7H2,1H3. The Hall–Kier alpha value is -0.930. The summed E-state index contributed by atoms with van der Waals surface area (Å²) in [5, 5.41) is 10.2. The first-order chi connectivity index (χ1) is 7.33. The van der Waals surface area contributed by atoms with E-state index in [1.165, 1.54) is 0 Å². The smallest absolute Gasteiger partial charge is 0.0858 e. The van der Waals surface area contributed by atoms with Gasteiger partial charge in [-0.05, 0) is 24.5 Å². The Bertz CT molecular complexity index is 302. The van der Waals surface area contributed by atoms with Gasteiger partial charge in [0.1, 0.15) is 0 Å². The Labute approximate surface area is 90.1 Å². The van der Waals surface area contributed by atoms with E-state index in [1.807, 2.05) is 12.1 Å². The molecule has 0 aliphatic carbocycles. The fourth-order valence-electron chi connectivity index (χ4n) is 2.24. The molecule has 3 nitrogen and oxygen atoms in total. The molecule has 2 heterocycles. The van der Waals surface area contributed by atoms with E-state index in [-0.39, 0.29) is 12.0 Å². The van der Waals surface area contributed by atoms with Crippen molar-refractivity contribution in [3.63, 3.8) is 0 Å². The zero-order valence-corrected chi connectivity index (χ0v) is 8.97. The van der Waals surface area contributed by atoms with Gasteiger partial charge in [0.15, 0.2) is 0 Å². The van der Waals surface area contributed by atoms with Gasteiger partial charge >= 0.3 is 0 Å². The Balaban J connectivity index is 2.10. The predicted molar refractivity (Wildman–Crippen MR) is 57.3 cm³/mol. The minimum atomic E-state index is -0.439. The van der Waals surface area contributed by atoms with E-state index in [4.69, 9.17) is 4.74 Å². The number of nitrogens with zero attached hydrogens (tertiary/aromatic N) is 1. The van der Waals surface area contributed by atoms with Crippen LogP contribution in [0.2, 0.25) is 0 Å². The fourth-order valence-corrected chi connectivity index (χ4v) is 2.24. The molecule has 15 heavy (non-hydrogen) atoms. The quantitative estimate of drug-likeness (QED) is 0.823. The first-order valence-corrected chi connectivity index (χ1v) is 5.52. The van der Waals surface area contributed by atoms with Crippen molar-refractivity contribution < 1.29 is 9.84 Å². The van der Waals surface area contributed by atoms with E-state index >= 15 is 0 Å². The van der Waals surface area contributed by atoms with Gasteiger partial charge in [0.25, 0.3) is 0 Å². The van der Waals surface area contributed by atoms with Crippen LogP contribution >= 0.6 is 0 Å². The zero-order valence-electron chi connectivity index (χ0n) is 8.97. The van der Waals surface area contributed by atoms with E-state index in [0.29, 0.717) is 0 Å². The van der Waals surface area contributed by atoms with Crippen LogP contribution < -0.4 is 0 Å². The van der Waals surface area contributed by atoms with Crippen molar-refractivity contribution in [1.82, 2.24) is 4.98 Å². The number of pyridine rings is 1. The maximum atomic E-state index is 10.2. The SMILES string of the molecule is CCC1OCCC1C(O)c1cccnc1. The summed E-state index contributed by atoms with van der Waals surface area (Å²) >= 11 is 0. The number of aromatic nitrogens is 1. The zero-order chi connectivity index (χ0) is 10.7. The van der Waals surface area contributed by atoms with Crippen LogP contribution in [-0.4, -0.2) is 22.8 Å². The van der Waals surface area contributed by atoms with Crippen molar-refractivity contribution in [2.45, 2.75) is 32.0 Å². The molecule has 1 aliphatic rings. The molecule has 0 radical (unpaired) electrons.